The summed E-state index contributed by atoms with van der Waals surface area (Å²) in [5, 5.41) is 0.923. The van der Waals surface area contributed by atoms with Crippen LogP contribution in [0.5, 0.6) is 0 Å². The fourth-order valence-corrected chi connectivity index (χ4v) is 2.90. The minimum Gasteiger partial charge on any atom is -0.379 e. The maximum Gasteiger partial charge on any atom is 0.183 e. The standard InChI is InChI=1S/C17H20N2O2/c1-17(2,19-9-11-21-12-10-19)16(20)14-5-3-7-15-13(14)6-4-8-18-15/h3-8H,9-12H2,1-2H3. The van der Waals surface area contributed by atoms with Crippen LogP contribution in [0.1, 0.15) is 24.2 Å². The zero-order valence-corrected chi connectivity index (χ0v) is 12.5. The Bertz CT molecular complexity index is 655. The Morgan fingerprint density at radius 1 is 1.19 bits per heavy atom. The van der Waals surface area contributed by atoms with Crippen LogP contribution >= 0.6 is 0 Å². The number of benzene rings is 1. The largest absolute Gasteiger partial charge is 0.379 e. The second-order valence-corrected chi connectivity index (χ2v) is 5.86. The van der Waals surface area contributed by atoms with Gasteiger partial charge in [0, 0.05) is 30.2 Å². The van der Waals surface area contributed by atoms with Crippen LogP contribution in [0.4, 0.5) is 0 Å². The van der Waals surface area contributed by atoms with Crippen LogP contribution in [0.25, 0.3) is 10.9 Å². The van der Waals surface area contributed by atoms with Crippen molar-refractivity contribution in [3.8, 4) is 0 Å². The number of carbonyl (C=O) groups excluding carboxylic acids is 1. The molecule has 0 aliphatic carbocycles. The van der Waals surface area contributed by atoms with Gasteiger partial charge < -0.3 is 4.74 Å². The van der Waals surface area contributed by atoms with Crippen molar-refractivity contribution in [3.05, 3.63) is 42.1 Å². The monoisotopic (exact) mass is 284 g/mol. The van der Waals surface area contributed by atoms with E-state index in [1.165, 1.54) is 0 Å². The van der Waals surface area contributed by atoms with Crippen molar-refractivity contribution in [1.29, 1.82) is 0 Å². The molecule has 0 radical (unpaired) electrons. The molecule has 1 saturated heterocycles. The van der Waals surface area contributed by atoms with Crippen LogP contribution in [-0.4, -0.2) is 47.5 Å². The Labute approximate surface area is 124 Å². The number of ketones is 1. The van der Waals surface area contributed by atoms with Gasteiger partial charge in [-0.15, -0.1) is 0 Å². The average Bonchev–Trinajstić information content (AvgIpc) is 2.54. The van der Waals surface area contributed by atoms with Crippen molar-refractivity contribution in [2.24, 2.45) is 0 Å². The normalized spacial score (nSPS) is 17.0. The van der Waals surface area contributed by atoms with Crippen molar-refractivity contribution < 1.29 is 9.53 Å². The van der Waals surface area contributed by atoms with Gasteiger partial charge in [0.15, 0.2) is 5.78 Å². The Kier molecular flexibility index (Phi) is 3.74. The van der Waals surface area contributed by atoms with E-state index in [1.807, 2.05) is 44.2 Å². The van der Waals surface area contributed by atoms with Crippen LogP contribution in [0.15, 0.2) is 36.5 Å². The molecule has 1 aliphatic heterocycles. The van der Waals surface area contributed by atoms with Crippen molar-refractivity contribution in [2.45, 2.75) is 19.4 Å². The van der Waals surface area contributed by atoms with Gasteiger partial charge in [-0.1, -0.05) is 18.2 Å². The first-order valence-corrected chi connectivity index (χ1v) is 7.32. The van der Waals surface area contributed by atoms with E-state index < -0.39 is 5.54 Å². The molecule has 0 spiro atoms. The quantitative estimate of drug-likeness (QED) is 0.812. The van der Waals surface area contributed by atoms with Crippen molar-refractivity contribution in [2.75, 3.05) is 26.3 Å². The van der Waals surface area contributed by atoms with E-state index in [0.29, 0.717) is 13.2 Å². The first kappa shape index (κ1) is 14.2. The Hall–Kier alpha value is -1.78. The predicted octanol–water partition coefficient (Wildman–Crippen LogP) is 2.53. The summed E-state index contributed by atoms with van der Waals surface area (Å²) in [7, 11) is 0. The molecule has 2 heterocycles. The minimum absolute atomic E-state index is 0.142. The highest BCUT2D eigenvalue weighted by atomic mass is 16.5. The number of Topliss-reactive ketones (excluding diaryl/α,β-unsaturated/α-hetero) is 1. The van der Waals surface area contributed by atoms with E-state index in [2.05, 4.69) is 9.88 Å². The van der Waals surface area contributed by atoms with Gasteiger partial charge in [0.2, 0.25) is 0 Å². The summed E-state index contributed by atoms with van der Waals surface area (Å²) in [6.07, 6.45) is 1.75. The maximum absolute atomic E-state index is 13.1. The van der Waals surface area contributed by atoms with E-state index in [0.717, 1.165) is 29.6 Å². The van der Waals surface area contributed by atoms with Gasteiger partial charge in [0.05, 0.1) is 24.3 Å². The smallest absolute Gasteiger partial charge is 0.183 e. The SMILES string of the molecule is CC(C)(C(=O)c1cccc2ncccc12)N1CCOCC1. The Balaban J connectivity index is 1.99. The fraction of sp³-hybridized carbons (Fsp3) is 0.412. The number of pyridine rings is 1. The van der Waals surface area contributed by atoms with Crippen molar-refractivity contribution in [3.63, 3.8) is 0 Å². The molecule has 0 atom stereocenters. The molecule has 0 N–H and O–H groups in total. The molecule has 110 valence electrons. The van der Waals surface area contributed by atoms with Gasteiger partial charge in [0.25, 0.3) is 0 Å². The van der Waals surface area contributed by atoms with Gasteiger partial charge in [-0.2, -0.15) is 0 Å². The van der Waals surface area contributed by atoms with Crippen LogP contribution in [0.3, 0.4) is 0 Å². The lowest BCUT2D eigenvalue weighted by atomic mass is 9.89. The van der Waals surface area contributed by atoms with Gasteiger partial charge in [-0.05, 0) is 26.0 Å². The first-order chi connectivity index (χ1) is 10.1. The summed E-state index contributed by atoms with van der Waals surface area (Å²) >= 11 is 0. The van der Waals surface area contributed by atoms with Crippen molar-refractivity contribution >= 4 is 16.7 Å². The van der Waals surface area contributed by atoms with Crippen LogP contribution < -0.4 is 0 Å². The maximum atomic E-state index is 13.1. The molecule has 4 heteroatoms. The van der Waals surface area contributed by atoms with Gasteiger partial charge in [0.1, 0.15) is 0 Å². The lowest BCUT2D eigenvalue weighted by Gasteiger charge is -2.39. The summed E-state index contributed by atoms with van der Waals surface area (Å²) in [6, 6.07) is 9.58. The topological polar surface area (TPSA) is 42.4 Å². The number of fused-ring (bicyclic) bond motifs is 1. The highest BCUT2D eigenvalue weighted by molar-refractivity contribution is 6.11. The predicted molar refractivity (Wildman–Crippen MR) is 82.5 cm³/mol. The molecule has 1 aromatic heterocycles. The molecule has 1 aromatic carbocycles. The number of nitrogens with zero attached hydrogens (tertiary/aromatic N) is 2. The molecule has 0 amide bonds. The number of hydrogen-bond donors (Lipinski definition) is 0. The molecular weight excluding hydrogens is 264 g/mol. The molecule has 0 unspecified atom stereocenters. The molecular formula is C17H20N2O2. The van der Waals surface area contributed by atoms with Crippen LogP contribution in [0.2, 0.25) is 0 Å². The molecule has 2 aromatic rings. The zero-order valence-electron chi connectivity index (χ0n) is 12.5. The van der Waals surface area contributed by atoms with E-state index in [4.69, 9.17) is 4.74 Å². The second kappa shape index (κ2) is 5.54. The summed E-state index contributed by atoms with van der Waals surface area (Å²) < 4.78 is 5.39. The third-order valence-electron chi connectivity index (χ3n) is 4.25. The van der Waals surface area contributed by atoms with Crippen LogP contribution in [0, 0.1) is 0 Å². The molecule has 4 nitrogen and oxygen atoms in total. The highest BCUT2D eigenvalue weighted by Crippen LogP contribution is 2.26. The molecule has 0 saturated carbocycles. The summed E-state index contributed by atoms with van der Waals surface area (Å²) in [4.78, 5) is 19.6. The Morgan fingerprint density at radius 3 is 2.71 bits per heavy atom. The lowest BCUT2D eigenvalue weighted by Crippen LogP contribution is -2.54. The molecule has 0 bridgehead atoms. The zero-order chi connectivity index (χ0) is 14.9. The average molecular weight is 284 g/mol. The minimum atomic E-state index is -0.534. The van der Waals surface area contributed by atoms with Gasteiger partial charge >= 0.3 is 0 Å². The van der Waals surface area contributed by atoms with Gasteiger partial charge in [-0.3, -0.25) is 14.7 Å². The van der Waals surface area contributed by atoms with Gasteiger partial charge in [-0.25, -0.2) is 0 Å². The van der Waals surface area contributed by atoms with E-state index in [1.54, 1.807) is 6.20 Å². The Morgan fingerprint density at radius 2 is 1.95 bits per heavy atom. The third-order valence-corrected chi connectivity index (χ3v) is 4.25. The van der Waals surface area contributed by atoms with E-state index in [-0.39, 0.29) is 5.78 Å². The van der Waals surface area contributed by atoms with E-state index in [9.17, 15) is 4.79 Å². The summed E-state index contributed by atoms with van der Waals surface area (Å²) in [6.45, 7) is 6.96. The lowest BCUT2D eigenvalue weighted by molar-refractivity contribution is -0.00423. The second-order valence-electron chi connectivity index (χ2n) is 5.86. The number of morpholine rings is 1. The molecule has 21 heavy (non-hydrogen) atoms. The first-order valence-electron chi connectivity index (χ1n) is 7.32. The van der Waals surface area contributed by atoms with E-state index >= 15 is 0 Å². The number of ether oxygens (including phenoxy) is 1. The van der Waals surface area contributed by atoms with Crippen LogP contribution in [-0.2, 0) is 4.74 Å². The van der Waals surface area contributed by atoms with Crippen molar-refractivity contribution in [1.82, 2.24) is 9.88 Å². The molecule has 3 rings (SSSR count). The third kappa shape index (κ3) is 2.57. The fourth-order valence-electron chi connectivity index (χ4n) is 2.90. The molecule has 1 fully saturated rings. The number of rotatable bonds is 3. The number of aromatic nitrogens is 1. The highest BCUT2D eigenvalue weighted by Gasteiger charge is 2.36. The molecule has 1 aliphatic rings. The number of hydrogen-bond acceptors (Lipinski definition) is 4. The summed E-state index contributed by atoms with van der Waals surface area (Å²) in [5.41, 5.74) is 1.08. The number of carbonyl (C=O) groups is 1. The summed E-state index contributed by atoms with van der Waals surface area (Å²) in [5.74, 6) is 0.142.